The maximum Gasteiger partial charge on any atom is 0.269 e. The van der Waals surface area contributed by atoms with Gasteiger partial charge in [-0.25, -0.2) is 4.98 Å². The zero-order valence-electron chi connectivity index (χ0n) is 15.6. The fourth-order valence-corrected chi connectivity index (χ4v) is 5.00. The van der Waals surface area contributed by atoms with E-state index in [1.807, 2.05) is 0 Å². The quantitative estimate of drug-likeness (QED) is 0.897. The number of aryl methyl sites for hydroxylation is 1. The molecule has 5 nitrogen and oxygen atoms in total. The lowest BCUT2D eigenvalue weighted by Gasteiger charge is -2.45. The first-order chi connectivity index (χ1) is 12.2. The van der Waals surface area contributed by atoms with Crippen molar-refractivity contribution in [1.82, 2.24) is 19.8 Å². The minimum absolute atomic E-state index is 0.0879. The number of carbonyl (C=O) groups is 1. The van der Waals surface area contributed by atoms with Gasteiger partial charge in [-0.15, -0.1) is 0 Å². The van der Waals surface area contributed by atoms with E-state index in [-0.39, 0.29) is 5.91 Å². The van der Waals surface area contributed by atoms with Gasteiger partial charge in [-0.2, -0.15) is 0 Å². The molecule has 5 heteroatoms. The van der Waals surface area contributed by atoms with Gasteiger partial charge in [0, 0.05) is 19.0 Å². The summed E-state index contributed by atoms with van der Waals surface area (Å²) >= 11 is 0. The Morgan fingerprint density at radius 2 is 1.88 bits per heavy atom. The fourth-order valence-electron chi connectivity index (χ4n) is 5.00. The molecule has 1 aromatic rings. The van der Waals surface area contributed by atoms with Gasteiger partial charge in [-0.3, -0.25) is 4.79 Å². The number of aromatic nitrogens is 2. The zero-order valence-corrected chi connectivity index (χ0v) is 15.6. The Morgan fingerprint density at radius 3 is 2.64 bits per heavy atom. The minimum Gasteiger partial charge on any atom is -0.348 e. The van der Waals surface area contributed by atoms with E-state index in [1.165, 1.54) is 51.6 Å². The van der Waals surface area contributed by atoms with Gasteiger partial charge < -0.3 is 14.8 Å². The van der Waals surface area contributed by atoms with Gasteiger partial charge in [-0.05, 0) is 76.9 Å². The standard InChI is InChI=1S/C20H32N4O/c1-23-13-10-20(11-14-23)8-6-16(7-9-20)22-19(25)17-15-21-18-5-3-2-4-12-24(17)18/h15-16H,2-14H2,1H3,(H,22,25). The summed E-state index contributed by atoms with van der Waals surface area (Å²) < 4.78 is 2.16. The van der Waals surface area contributed by atoms with E-state index in [4.69, 9.17) is 0 Å². The van der Waals surface area contributed by atoms with Crippen LogP contribution in [0.25, 0.3) is 0 Å². The Balaban J connectivity index is 1.34. The third kappa shape index (κ3) is 3.62. The Morgan fingerprint density at radius 1 is 1.12 bits per heavy atom. The Bertz CT molecular complexity index is 605. The first kappa shape index (κ1) is 17.1. The number of fused-ring (bicyclic) bond motifs is 1. The van der Waals surface area contributed by atoms with Crippen LogP contribution in [0.15, 0.2) is 6.20 Å². The molecule has 1 aromatic heterocycles. The van der Waals surface area contributed by atoms with Gasteiger partial charge in [0.2, 0.25) is 0 Å². The van der Waals surface area contributed by atoms with E-state index in [0.717, 1.165) is 43.7 Å². The molecule has 3 aliphatic rings. The Labute approximate surface area is 151 Å². The lowest BCUT2D eigenvalue weighted by atomic mass is 9.67. The van der Waals surface area contributed by atoms with Crippen molar-refractivity contribution >= 4 is 5.91 Å². The highest BCUT2D eigenvalue weighted by molar-refractivity contribution is 5.92. The summed E-state index contributed by atoms with van der Waals surface area (Å²) in [6.07, 6.45) is 13.9. The van der Waals surface area contributed by atoms with Crippen LogP contribution < -0.4 is 5.32 Å². The van der Waals surface area contributed by atoms with Crippen molar-refractivity contribution in [3.05, 3.63) is 17.7 Å². The molecule has 1 amide bonds. The van der Waals surface area contributed by atoms with Crippen molar-refractivity contribution in [2.24, 2.45) is 5.41 Å². The molecule has 0 radical (unpaired) electrons. The van der Waals surface area contributed by atoms with E-state index in [9.17, 15) is 4.79 Å². The molecule has 1 N–H and O–H groups in total. The monoisotopic (exact) mass is 344 g/mol. The second-order valence-corrected chi connectivity index (χ2v) is 8.57. The largest absolute Gasteiger partial charge is 0.348 e. The van der Waals surface area contributed by atoms with E-state index in [0.29, 0.717) is 11.5 Å². The van der Waals surface area contributed by atoms with Gasteiger partial charge in [0.1, 0.15) is 11.5 Å². The number of imidazole rings is 1. The lowest BCUT2D eigenvalue weighted by molar-refractivity contribution is 0.0652. The second kappa shape index (κ2) is 7.10. The van der Waals surface area contributed by atoms with Gasteiger partial charge in [0.05, 0.1) is 6.20 Å². The van der Waals surface area contributed by atoms with Crippen LogP contribution in [0.5, 0.6) is 0 Å². The van der Waals surface area contributed by atoms with Crippen LogP contribution in [-0.4, -0.2) is 46.5 Å². The molecule has 0 atom stereocenters. The average molecular weight is 345 g/mol. The Hall–Kier alpha value is -1.36. The van der Waals surface area contributed by atoms with E-state index >= 15 is 0 Å². The average Bonchev–Trinajstić information content (AvgIpc) is 2.89. The predicted molar refractivity (Wildman–Crippen MR) is 98.7 cm³/mol. The van der Waals surface area contributed by atoms with Gasteiger partial charge in [0.25, 0.3) is 5.91 Å². The van der Waals surface area contributed by atoms with Gasteiger partial charge >= 0.3 is 0 Å². The third-order valence-electron chi connectivity index (χ3n) is 6.88. The maximum atomic E-state index is 12.8. The highest BCUT2D eigenvalue weighted by Gasteiger charge is 2.37. The van der Waals surface area contributed by atoms with E-state index < -0.39 is 0 Å². The molecule has 1 saturated carbocycles. The topological polar surface area (TPSA) is 50.2 Å². The number of likely N-dealkylation sites (tertiary alicyclic amines) is 1. The summed E-state index contributed by atoms with van der Waals surface area (Å²) in [6, 6.07) is 0.342. The van der Waals surface area contributed by atoms with Crippen molar-refractivity contribution in [3.8, 4) is 0 Å². The fraction of sp³-hybridized carbons (Fsp3) is 0.800. The highest BCUT2D eigenvalue weighted by atomic mass is 16.2. The molecule has 0 aromatic carbocycles. The van der Waals surface area contributed by atoms with Crippen LogP contribution in [-0.2, 0) is 13.0 Å². The summed E-state index contributed by atoms with van der Waals surface area (Å²) in [5.74, 6) is 1.18. The summed E-state index contributed by atoms with van der Waals surface area (Å²) in [6.45, 7) is 3.41. The molecule has 3 heterocycles. The maximum absolute atomic E-state index is 12.8. The number of nitrogens with one attached hydrogen (secondary N) is 1. The molecule has 138 valence electrons. The lowest BCUT2D eigenvalue weighted by Crippen LogP contribution is -2.45. The summed E-state index contributed by atoms with van der Waals surface area (Å²) in [5.41, 5.74) is 1.33. The number of piperidine rings is 1. The summed E-state index contributed by atoms with van der Waals surface area (Å²) in [4.78, 5) is 19.7. The number of nitrogens with zero attached hydrogens (tertiary/aromatic N) is 3. The van der Waals surface area contributed by atoms with Crippen LogP contribution in [0.2, 0.25) is 0 Å². The smallest absolute Gasteiger partial charge is 0.269 e. The summed E-state index contributed by atoms with van der Waals surface area (Å²) in [7, 11) is 2.23. The molecule has 1 spiro atoms. The molecule has 2 fully saturated rings. The number of hydrogen-bond donors (Lipinski definition) is 1. The first-order valence-corrected chi connectivity index (χ1v) is 10.2. The van der Waals surface area contributed by atoms with Crippen LogP contribution >= 0.6 is 0 Å². The van der Waals surface area contributed by atoms with E-state index in [1.54, 1.807) is 6.20 Å². The number of hydrogen-bond acceptors (Lipinski definition) is 3. The van der Waals surface area contributed by atoms with Crippen molar-refractivity contribution in [3.63, 3.8) is 0 Å². The highest BCUT2D eigenvalue weighted by Crippen LogP contribution is 2.44. The predicted octanol–water partition coefficient (Wildman–Crippen LogP) is 2.99. The molecule has 0 bridgehead atoms. The molecule has 25 heavy (non-hydrogen) atoms. The number of carbonyl (C=O) groups excluding carboxylic acids is 1. The molecule has 4 rings (SSSR count). The normalized spacial score (nSPS) is 24.7. The van der Waals surface area contributed by atoms with Crippen molar-refractivity contribution in [2.75, 3.05) is 20.1 Å². The second-order valence-electron chi connectivity index (χ2n) is 8.57. The number of rotatable bonds is 2. The first-order valence-electron chi connectivity index (χ1n) is 10.2. The van der Waals surface area contributed by atoms with Gasteiger partial charge in [-0.1, -0.05) is 6.42 Å². The minimum atomic E-state index is 0.0879. The van der Waals surface area contributed by atoms with Crippen LogP contribution in [0.3, 0.4) is 0 Å². The zero-order chi connectivity index (χ0) is 17.3. The molecule has 1 aliphatic carbocycles. The molecule has 2 aliphatic heterocycles. The molecule has 1 saturated heterocycles. The van der Waals surface area contributed by atoms with Crippen molar-refractivity contribution in [2.45, 2.75) is 76.8 Å². The van der Waals surface area contributed by atoms with Crippen LogP contribution in [0.4, 0.5) is 0 Å². The Kier molecular flexibility index (Phi) is 4.85. The third-order valence-corrected chi connectivity index (χ3v) is 6.88. The SMILES string of the molecule is CN1CCC2(CCC(NC(=O)c3cnc4n3CCCCC4)CC2)CC1. The van der Waals surface area contributed by atoms with Gasteiger partial charge in [0.15, 0.2) is 0 Å². The van der Waals surface area contributed by atoms with Crippen LogP contribution in [0.1, 0.15) is 74.1 Å². The molecular formula is C20H32N4O. The summed E-state index contributed by atoms with van der Waals surface area (Å²) in [5, 5.41) is 3.31. The molecule has 0 unspecified atom stereocenters. The van der Waals surface area contributed by atoms with Crippen molar-refractivity contribution in [1.29, 1.82) is 0 Å². The van der Waals surface area contributed by atoms with Crippen LogP contribution in [0, 0.1) is 5.41 Å². The number of amides is 1. The molecular weight excluding hydrogens is 312 g/mol. The van der Waals surface area contributed by atoms with E-state index in [2.05, 4.69) is 26.8 Å². The van der Waals surface area contributed by atoms with Crippen molar-refractivity contribution < 1.29 is 4.79 Å².